The SMILES string of the molecule is CC(C)(C(=O)O)C(N)c1cccc(O)c1. The fourth-order valence-corrected chi connectivity index (χ4v) is 1.27. The minimum atomic E-state index is -1.06. The third kappa shape index (κ3) is 2.27. The summed E-state index contributed by atoms with van der Waals surface area (Å²) < 4.78 is 0. The fourth-order valence-electron chi connectivity index (χ4n) is 1.27. The van der Waals surface area contributed by atoms with Gasteiger partial charge >= 0.3 is 5.97 Å². The van der Waals surface area contributed by atoms with Gasteiger partial charge in [0.15, 0.2) is 0 Å². The third-order valence-corrected chi connectivity index (χ3v) is 2.56. The van der Waals surface area contributed by atoms with Crippen molar-refractivity contribution in [1.82, 2.24) is 0 Å². The molecule has 0 fully saturated rings. The van der Waals surface area contributed by atoms with E-state index in [1.807, 2.05) is 0 Å². The van der Waals surface area contributed by atoms with Crippen LogP contribution in [0.5, 0.6) is 5.75 Å². The molecule has 0 saturated carbocycles. The highest BCUT2D eigenvalue weighted by Crippen LogP contribution is 2.32. The molecular weight excluding hydrogens is 194 g/mol. The van der Waals surface area contributed by atoms with Crippen molar-refractivity contribution < 1.29 is 15.0 Å². The molecule has 15 heavy (non-hydrogen) atoms. The first-order valence-electron chi connectivity index (χ1n) is 4.63. The lowest BCUT2D eigenvalue weighted by Crippen LogP contribution is -2.36. The van der Waals surface area contributed by atoms with Crippen LogP contribution < -0.4 is 5.73 Å². The Kier molecular flexibility index (Phi) is 3.00. The van der Waals surface area contributed by atoms with Crippen molar-refractivity contribution in [3.63, 3.8) is 0 Å². The van der Waals surface area contributed by atoms with Crippen molar-refractivity contribution >= 4 is 5.97 Å². The molecule has 4 heteroatoms. The Labute approximate surface area is 88.3 Å². The Morgan fingerprint density at radius 2 is 2.07 bits per heavy atom. The number of carboxylic acids is 1. The first-order valence-corrected chi connectivity index (χ1v) is 4.63. The van der Waals surface area contributed by atoms with Crippen LogP contribution in [0.3, 0.4) is 0 Å². The van der Waals surface area contributed by atoms with Crippen LogP contribution in [0.2, 0.25) is 0 Å². The molecule has 82 valence electrons. The number of aliphatic carboxylic acids is 1. The summed E-state index contributed by atoms with van der Waals surface area (Å²) in [5.41, 5.74) is 5.40. The molecule has 0 radical (unpaired) electrons. The van der Waals surface area contributed by atoms with Crippen LogP contribution in [0.1, 0.15) is 25.5 Å². The van der Waals surface area contributed by atoms with Gasteiger partial charge in [0, 0.05) is 6.04 Å². The van der Waals surface area contributed by atoms with Gasteiger partial charge in [-0.2, -0.15) is 0 Å². The topological polar surface area (TPSA) is 83.5 Å². The van der Waals surface area contributed by atoms with Crippen molar-refractivity contribution in [2.45, 2.75) is 19.9 Å². The molecule has 0 spiro atoms. The maximum atomic E-state index is 11.0. The molecule has 4 N–H and O–H groups in total. The molecule has 1 rings (SSSR count). The number of phenols is 1. The van der Waals surface area contributed by atoms with Crippen molar-refractivity contribution in [2.24, 2.45) is 11.1 Å². The van der Waals surface area contributed by atoms with E-state index in [4.69, 9.17) is 10.8 Å². The van der Waals surface area contributed by atoms with Gasteiger partial charge in [0.1, 0.15) is 5.75 Å². The van der Waals surface area contributed by atoms with Gasteiger partial charge in [-0.3, -0.25) is 4.79 Å². The second-order valence-corrected chi connectivity index (χ2v) is 4.10. The summed E-state index contributed by atoms with van der Waals surface area (Å²) in [6.07, 6.45) is 0. The highest BCUT2D eigenvalue weighted by atomic mass is 16.4. The van der Waals surface area contributed by atoms with Gasteiger partial charge in [-0.15, -0.1) is 0 Å². The van der Waals surface area contributed by atoms with E-state index in [9.17, 15) is 9.90 Å². The highest BCUT2D eigenvalue weighted by Gasteiger charge is 2.35. The van der Waals surface area contributed by atoms with Crippen LogP contribution in [-0.4, -0.2) is 16.2 Å². The minimum absolute atomic E-state index is 0.0872. The molecule has 1 unspecified atom stereocenters. The maximum Gasteiger partial charge on any atom is 0.311 e. The van der Waals surface area contributed by atoms with Crippen LogP contribution >= 0.6 is 0 Å². The number of phenolic OH excluding ortho intramolecular Hbond substituents is 1. The lowest BCUT2D eigenvalue weighted by molar-refractivity contribution is -0.148. The number of aromatic hydroxyl groups is 1. The van der Waals surface area contributed by atoms with Crippen LogP contribution in [0, 0.1) is 5.41 Å². The summed E-state index contributed by atoms with van der Waals surface area (Å²) in [5.74, 6) is -0.873. The van der Waals surface area contributed by atoms with Crippen LogP contribution in [-0.2, 0) is 4.79 Å². The molecular formula is C11H15NO3. The lowest BCUT2D eigenvalue weighted by atomic mass is 9.81. The van der Waals surface area contributed by atoms with Gasteiger partial charge in [-0.05, 0) is 31.5 Å². The smallest absolute Gasteiger partial charge is 0.311 e. The van der Waals surface area contributed by atoms with Gasteiger partial charge in [0.05, 0.1) is 5.41 Å². The predicted octanol–water partition coefficient (Wildman–Crippen LogP) is 1.50. The molecule has 0 aliphatic rings. The zero-order valence-electron chi connectivity index (χ0n) is 8.77. The van der Waals surface area contributed by atoms with Gasteiger partial charge in [-0.25, -0.2) is 0 Å². The summed E-state index contributed by atoms with van der Waals surface area (Å²) in [4.78, 5) is 11.0. The quantitative estimate of drug-likeness (QED) is 0.704. The van der Waals surface area contributed by atoms with E-state index < -0.39 is 17.4 Å². The lowest BCUT2D eigenvalue weighted by Gasteiger charge is -2.27. The van der Waals surface area contributed by atoms with Crippen molar-refractivity contribution in [2.75, 3.05) is 0 Å². The Hall–Kier alpha value is -1.55. The number of hydrogen-bond acceptors (Lipinski definition) is 3. The average Bonchev–Trinajstić information content (AvgIpc) is 2.16. The van der Waals surface area contributed by atoms with Crippen LogP contribution in [0.25, 0.3) is 0 Å². The Bertz CT molecular complexity index is 374. The van der Waals surface area contributed by atoms with Crippen molar-refractivity contribution in [3.05, 3.63) is 29.8 Å². The van der Waals surface area contributed by atoms with E-state index in [2.05, 4.69) is 0 Å². The van der Waals surface area contributed by atoms with Crippen molar-refractivity contribution in [3.8, 4) is 5.75 Å². The standard InChI is InChI=1S/C11H15NO3/c1-11(2,10(14)15)9(12)7-4-3-5-8(13)6-7/h3-6,9,13H,12H2,1-2H3,(H,14,15). The normalized spacial score (nSPS) is 13.5. The Morgan fingerprint density at radius 3 is 2.53 bits per heavy atom. The molecule has 0 aromatic heterocycles. The summed E-state index contributed by atoms with van der Waals surface area (Å²) in [7, 11) is 0. The van der Waals surface area contributed by atoms with E-state index in [1.165, 1.54) is 12.1 Å². The van der Waals surface area contributed by atoms with Gasteiger partial charge in [0.25, 0.3) is 0 Å². The zero-order valence-corrected chi connectivity index (χ0v) is 8.77. The Morgan fingerprint density at radius 1 is 1.47 bits per heavy atom. The number of carbonyl (C=O) groups is 1. The maximum absolute atomic E-state index is 11.0. The number of nitrogens with two attached hydrogens (primary N) is 1. The average molecular weight is 209 g/mol. The van der Waals surface area contributed by atoms with E-state index in [1.54, 1.807) is 26.0 Å². The predicted molar refractivity (Wildman–Crippen MR) is 56.5 cm³/mol. The second-order valence-electron chi connectivity index (χ2n) is 4.10. The number of hydrogen-bond donors (Lipinski definition) is 3. The first kappa shape index (κ1) is 11.5. The molecule has 0 aliphatic heterocycles. The minimum Gasteiger partial charge on any atom is -0.508 e. The molecule has 0 saturated heterocycles. The molecule has 4 nitrogen and oxygen atoms in total. The van der Waals surface area contributed by atoms with Crippen molar-refractivity contribution in [1.29, 1.82) is 0 Å². The highest BCUT2D eigenvalue weighted by molar-refractivity contribution is 5.75. The fraction of sp³-hybridized carbons (Fsp3) is 0.364. The molecule has 1 aromatic carbocycles. The monoisotopic (exact) mass is 209 g/mol. The van der Waals surface area contributed by atoms with E-state index in [0.717, 1.165) is 0 Å². The van der Waals surface area contributed by atoms with Crippen LogP contribution in [0.15, 0.2) is 24.3 Å². The van der Waals surface area contributed by atoms with E-state index >= 15 is 0 Å². The summed E-state index contributed by atoms with van der Waals surface area (Å²) in [6.45, 7) is 3.12. The molecule has 1 aromatic rings. The molecule has 0 amide bonds. The second kappa shape index (κ2) is 3.90. The largest absolute Gasteiger partial charge is 0.508 e. The number of rotatable bonds is 3. The zero-order chi connectivity index (χ0) is 11.6. The van der Waals surface area contributed by atoms with Gasteiger partial charge < -0.3 is 15.9 Å². The van der Waals surface area contributed by atoms with Gasteiger partial charge in [0.2, 0.25) is 0 Å². The van der Waals surface area contributed by atoms with E-state index in [-0.39, 0.29) is 5.75 Å². The summed E-state index contributed by atoms with van der Waals surface area (Å²) >= 11 is 0. The molecule has 0 heterocycles. The number of carboxylic acid groups (broad SMARTS) is 1. The number of benzene rings is 1. The van der Waals surface area contributed by atoms with Gasteiger partial charge in [-0.1, -0.05) is 12.1 Å². The third-order valence-electron chi connectivity index (χ3n) is 2.56. The molecule has 0 bridgehead atoms. The Balaban J connectivity index is 3.04. The van der Waals surface area contributed by atoms with E-state index in [0.29, 0.717) is 5.56 Å². The molecule has 0 aliphatic carbocycles. The molecule has 1 atom stereocenters. The summed E-state index contributed by atoms with van der Waals surface area (Å²) in [6, 6.07) is 5.69. The van der Waals surface area contributed by atoms with Crippen LogP contribution in [0.4, 0.5) is 0 Å². The summed E-state index contributed by atoms with van der Waals surface area (Å²) in [5, 5.41) is 18.3. The first-order chi connectivity index (χ1) is 6.85.